The van der Waals surface area contributed by atoms with Gasteiger partial charge in [0, 0.05) is 0 Å². The molecule has 0 saturated carbocycles. The van der Waals surface area contributed by atoms with Gasteiger partial charge in [-0.1, -0.05) is 19.9 Å². The molecule has 0 radical (unpaired) electrons. The molecule has 0 bridgehead atoms. The molecule has 0 aromatic heterocycles. The Labute approximate surface area is 91.5 Å². The van der Waals surface area contributed by atoms with E-state index in [1.807, 2.05) is 6.92 Å². The Bertz CT molecular complexity index is 377. The second-order valence-electron chi connectivity index (χ2n) is 4.90. The molecule has 1 aromatic carbocycles. The Balaban J connectivity index is 2.57. The van der Waals surface area contributed by atoms with Gasteiger partial charge in [0.2, 0.25) is 0 Å². The molecule has 0 saturated heterocycles. The molecule has 0 heterocycles. The monoisotopic (exact) mass is 206 g/mol. The van der Waals surface area contributed by atoms with Gasteiger partial charge in [-0.3, -0.25) is 0 Å². The van der Waals surface area contributed by atoms with Crippen molar-refractivity contribution in [3.63, 3.8) is 0 Å². The summed E-state index contributed by atoms with van der Waals surface area (Å²) in [5.41, 5.74) is 4.47. The third-order valence-corrected chi connectivity index (χ3v) is 3.50. The van der Waals surface area contributed by atoms with Crippen molar-refractivity contribution >= 4 is 0 Å². The van der Waals surface area contributed by atoms with Gasteiger partial charge in [-0.15, -0.1) is 0 Å². The minimum absolute atomic E-state index is 0.0330. The predicted octanol–water partition coefficient (Wildman–Crippen LogP) is 4.14. The normalized spacial score (nSPS) is 15.5. The smallest absolute Gasteiger partial charge is 0.129 e. The maximum absolute atomic E-state index is 14.0. The van der Waals surface area contributed by atoms with Crippen molar-refractivity contribution in [2.45, 2.75) is 52.4 Å². The summed E-state index contributed by atoms with van der Waals surface area (Å²) < 4.78 is 14.0. The van der Waals surface area contributed by atoms with Crippen molar-refractivity contribution in [2.75, 3.05) is 0 Å². The third kappa shape index (κ3) is 1.80. The van der Waals surface area contributed by atoms with Crippen molar-refractivity contribution < 1.29 is 4.39 Å². The van der Waals surface area contributed by atoms with Crippen LogP contribution in [0.15, 0.2) is 6.07 Å². The molecule has 1 aromatic rings. The van der Waals surface area contributed by atoms with Crippen LogP contribution in [0.5, 0.6) is 0 Å². The number of benzene rings is 1. The summed E-state index contributed by atoms with van der Waals surface area (Å²) in [5.74, 6) is 0.321. The Morgan fingerprint density at radius 1 is 1.20 bits per heavy atom. The first-order valence-corrected chi connectivity index (χ1v) is 5.92. The van der Waals surface area contributed by atoms with Crippen LogP contribution < -0.4 is 0 Å². The van der Waals surface area contributed by atoms with Crippen molar-refractivity contribution in [3.8, 4) is 0 Å². The average Bonchev–Trinajstić information content (AvgIpc) is 2.23. The first-order chi connectivity index (χ1) is 7.11. The van der Waals surface area contributed by atoms with Gasteiger partial charge >= 0.3 is 0 Å². The minimum Gasteiger partial charge on any atom is -0.206 e. The summed E-state index contributed by atoms with van der Waals surface area (Å²) in [6.07, 6.45) is 4.68. The van der Waals surface area contributed by atoms with Crippen LogP contribution in [-0.4, -0.2) is 0 Å². The van der Waals surface area contributed by atoms with Crippen LogP contribution in [-0.2, 0) is 12.8 Å². The van der Waals surface area contributed by atoms with Crippen LogP contribution in [0.4, 0.5) is 4.39 Å². The van der Waals surface area contributed by atoms with Crippen molar-refractivity contribution in [1.82, 2.24) is 0 Å². The lowest BCUT2D eigenvalue weighted by molar-refractivity contribution is 0.576. The molecule has 0 atom stereocenters. The zero-order valence-corrected chi connectivity index (χ0v) is 9.86. The van der Waals surface area contributed by atoms with E-state index in [0.29, 0.717) is 0 Å². The van der Waals surface area contributed by atoms with Gasteiger partial charge in [-0.25, -0.2) is 4.39 Å². The van der Waals surface area contributed by atoms with Crippen LogP contribution in [0.2, 0.25) is 0 Å². The molecular weight excluding hydrogens is 187 g/mol. The zero-order chi connectivity index (χ0) is 11.0. The van der Waals surface area contributed by atoms with Crippen LogP contribution in [0.3, 0.4) is 0 Å². The highest BCUT2D eigenvalue weighted by atomic mass is 19.1. The molecular formula is C14H19F. The number of halogens is 1. The van der Waals surface area contributed by atoms with E-state index in [1.54, 1.807) is 0 Å². The Hall–Kier alpha value is -0.850. The average molecular weight is 206 g/mol. The summed E-state index contributed by atoms with van der Waals surface area (Å²) in [4.78, 5) is 0. The number of fused-ring (bicyclic) bond motifs is 1. The highest BCUT2D eigenvalue weighted by Crippen LogP contribution is 2.31. The maximum atomic E-state index is 14.0. The summed E-state index contributed by atoms with van der Waals surface area (Å²) in [5, 5.41) is 0. The number of hydrogen-bond acceptors (Lipinski definition) is 0. The Kier molecular flexibility index (Phi) is 2.81. The highest BCUT2D eigenvalue weighted by Gasteiger charge is 2.18. The number of aryl methyl sites for hydroxylation is 1. The topological polar surface area (TPSA) is 0 Å². The summed E-state index contributed by atoms with van der Waals surface area (Å²) in [7, 11) is 0. The SMILES string of the molecule is Cc1c(F)c(C(C)C)cc2c1CCCC2. The molecule has 1 heteroatoms. The van der Waals surface area contributed by atoms with E-state index in [4.69, 9.17) is 0 Å². The van der Waals surface area contributed by atoms with Crippen molar-refractivity contribution in [3.05, 3.63) is 34.1 Å². The molecule has 82 valence electrons. The highest BCUT2D eigenvalue weighted by molar-refractivity contribution is 5.42. The van der Waals surface area contributed by atoms with E-state index in [0.717, 1.165) is 24.0 Å². The molecule has 0 nitrogen and oxygen atoms in total. The van der Waals surface area contributed by atoms with E-state index in [2.05, 4.69) is 19.9 Å². The van der Waals surface area contributed by atoms with Gasteiger partial charge in [0.25, 0.3) is 0 Å². The number of rotatable bonds is 1. The van der Waals surface area contributed by atoms with Crippen LogP contribution in [0.25, 0.3) is 0 Å². The van der Waals surface area contributed by atoms with Crippen LogP contribution in [0, 0.1) is 12.7 Å². The van der Waals surface area contributed by atoms with E-state index in [1.165, 1.54) is 24.0 Å². The molecule has 0 aliphatic heterocycles. The lowest BCUT2D eigenvalue weighted by Gasteiger charge is -2.21. The molecule has 1 aliphatic rings. The third-order valence-electron chi connectivity index (χ3n) is 3.50. The lowest BCUT2D eigenvalue weighted by Crippen LogP contribution is -2.09. The van der Waals surface area contributed by atoms with Gasteiger partial charge in [-0.2, -0.15) is 0 Å². The quantitative estimate of drug-likeness (QED) is 0.648. The molecule has 0 fully saturated rings. The van der Waals surface area contributed by atoms with E-state index in [9.17, 15) is 4.39 Å². The first kappa shape index (κ1) is 10.7. The van der Waals surface area contributed by atoms with E-state index in [-0.39, 0.29) is 11.7 Å². The predicted molar refractivity (Wildman–Crippen MR) is 61.9 cm³/mol. The van der Waals surface area contributed by atoms with E-state index >= 15 is 0 Å². The molecule has 0 amide bonds. The summed E-state index contributed by atoms with van der Waals surface area (Å²) in [6, 6.07) is 2.10. The second-order valence-corrected chi connectivity index (χ2v) is 4.90. The molecule has 15 heavy (non-hydrogen) atoms. The van der Waals surface area contributed by atoms with Gasteiger partial charge < -0.3 is 0 Å². The van der Waals surface area contributed by atoms with E-state index < -0.39 is 0 Å². The second kappa shape index (κ2) is 3.96. The van der Waals surface area contributed by atoms with Gasteiger partial charge in [0.1, 0.15) is 5.82 Å². The fraction of sp³-hybridized carbons (Fsp3) is 0.571. The fourth-order valence-corrected chi connectivity index (χ4v) is 2.54. The Morgan fingerprint density at radius 3 is 2.53 bits per heavy atom. The van der Waals surface area contributed by atoms with Gasteiger partial charge in [0.05, 0.1) is 0 Å². The van der Waals surface area contributed by atoms with Gasteiger partial charge in [-0.05, 0) is 60.8 Å². The fourth-order valence-electron chi connectivity index (χ4n) is 2.54. The summed E-state index contributed by atoms with van der Waals surface area (Å²) >= 11 is 0. The lowest BCUT2D eigenvalue weighted by atomic mass is 9.85. The number of hydrogen-bond donors (Lipinski definition) is 0. The minimum atomic E-state index is 0.0330. The molecule has 1 aliphatic carbocycles. The largest absolute Gasteiger partial charge is 0.206 e. The maximum Gasteiger partial charge on any atom is 0.129 e. The molecule has 0 unspecified atom stereocenters. The zero-order valence-electron chi connectivity index (χ0n) is 9.86. The molecule has 2 rings (SSSR count). The first-order valence-electron chi connectivity index (χ1n) is 5.92. The molecule has 0 spiro atoms. The standard InChI is InChI=1S/C14H19F/c1-9(2)13-8-11-6-4-5-7-12(11)10(3)14(13)15/h8-9H,4-7H2,1-3H3. The van der Waals surface area contributed by atoms with Crippen LogP contribution >= 0.6 is 0 Å². The molecule has 0 N–H and O–H groups in total. The van der Waals surface area contributed by atoms with Gasteiger partial charge in [0.15, 0.2) is 0 Å². The van der Waals surface area contributed by atoms with Crippen molar-refractivity contribution in [1.29, 1.82) is 0 Å². The summed E-state index contributed by atoms with van der Waals surface area (Å²) in [6.45, 7) is 6.06. The van der Waals surface area contributed by atoms with Crippen molar-refractivity contribution in [2.24, 2.45) is 0 Å². The Morgan fingerprint density at radius 2 is 1.87 bits per heavy atom. The van der Waals surface area contributed by atoms with Crippen LogP contribution in [0.1, 0.15) is 54.9 Å².